The largest absolute Gasteiger partial charge is 0.269 e. The third-order valence-electron chi connectivity index (χ3n) is 2.17. The number of unbranched alkanes of at least 4 members (excludes halogenated alkanes) is 1. The molecular formula is C10H13NO4S. The van der Waals surface area contributed by atoms with Crippen molar-refractivity contribution in [2.75, 3.05) is 5.75 Å². The first-order valence-electron chi connectivity index (χ1n) is 4.94. The van der Waals surface area contributed by atoms with E-state index in [1.165, 1.54) is 24.3 Å². The predicted molar refractivity (Wildman–Crippen MR) is 60.1 cm³/mol. The third kappa shape index (κ3) is 3.03. The van der Waals surface area contributed by atoms with Gasteiger partial charge < -0.3 is 0 Å². The van der Waals surface area contributed by atoms with E-state index in [4.69, 9.17) is 0 Å². The molecule has 0 amide bonds. The van der Waals surface area contributed by atoms with Gasteiger partial charge in [0.25, 0.3) is 5.69 Å². The van der Waals surface area contributed by atoms with Gasteiger partial charge in [0, 0.05) is 12.1 Å². The predicted octanol–water partition coefficient (Wildman–Crippen LogP) is 2.17. The van der Waals surface area contributed by atoms with Gasteiger partial charge in [-0.2, -0.15) is 0 Å². The minimum Gasteiger partial charge on any atom is -0.258 e. The molecular weight excluding hydrogens is 230 g/mol. The van der Waals surface area contributed by atoms with Crippen molar-refractivity contribution in [3.05, 3.63) is 34.4 Å². The summed E-state index contributed by atoms with van der Waals surface area (Å²) in [4.78, 5) is 9.98. The Bertz CT molecular complexity index is 464. The van der Waals surface area contributed by atoms with E-state index in [2.05, 4.69) is 0 Å². The molecule has 0 aliphatic rings. The summed E-state index contributed by atoms with van der Waals surface area (Å²) in [6.07, 6.45) is 1.39. The van der Waals surface area contributed by atoms with E-state index >= 15 is 0 Å². The summed E-state index contributed by atoms with van der Waals surface area (Å²) in [5, 5.41) is 10.4. The molecule has 1 rings (SSSR count). The number of nitro groups is 1. The van der Waals surface area contributed by atoms with Crippen LogP contribution in [0.4, 0.5) is 5.69 Å². The normalized spacial score (nSPS) is 11.3. The van der Waals surface area contributed by atoms with Crippen molar-refractivity contribution in [2.45, 2.75) is 24.7 Å². The third-order valence-corrected chi connectivity index (χ3v) is 3.99. The number of rotatable bonds is 5. The van der Waals surface area contributed by atoms with Crippen molar-refractivity contribution >= 4 is 15.5 Å². The molecule has 1 aromatic rings. The molecule has 0 bridgehead atoms. The Hall–Kier alpha value is -1.43. The van der Waals surface area contributed by atoms with Crippen LogP contribution in [0.1, 0.15) is 19.8 Å². The fraction of sp³-hybridized carbons (Fsp3) is 0.400. The van der Waals surface area contributed by atoms with Crippen LogP contribution in [0.2, 0.25) is 0 Å². The first kappa shape index (κ1) is 12.6. The van der Waals surface area contributed by atoms with Gasteiger partial charge in [-0.3, -0.25) is 10.1 Å². The first-order valence-corrected chi connectivity index (χ1v) is 6.60. The van der Waals surface area contributed by atoms with Crippen LogP contribution in [0.3, 0.4) is 0 Å². The second kappa shape index (κ2) is 5.07. The van der Waals surface area contributed by atoms with Crippen molar-refractivity contribution in [3.8, 4) is 0 Å². The van der Waals surface area contributed by atoms with Crippen LogP contribution in [-0.2, 0) is 9.84 Å². The molecule has 16 heavy (non-hydrogen) atoms. The Labute approximate surface area is 94.2 Å². The molecule has 5 nitrogen and oxygen atoms in total. The van der Waals surface area contributed by atoms with Crippen molar-refractivity contribution in [3.63, 3.8) is 0 Å². The molecule has 0 atom stereocenters. The van der Waals surface area contributed by atoms with Gasteiger partial charge in [0.05, 0.1) is 15.6 Å². The lowest BCUT2D eigenvalue weighted by molar-refractivity contribution is -0.384. The van der Waals surface area contributed by atoms with Gasteiger partial charge in [-0.25, -0.2) is 8.42 Å². The monoisotopic (exact) mass is 243 g/mol. The number of nitrogens with zero attached hydrogens (tertiary/aromatic N) is 1. The van der Waals surface area contributed by atoms with Crippen molar-refractivity contribution in [1.29, 1.82) is 0 Å². The molecule has 0 fully saturated rings. The summed E-state index contributed by atoms with van der Waals surface area (Å²) in [6, 6.07) is 4.98. The molecule has 6 heteroatoms. The maximum Gasteiger partial charge on any atom is 0.269 e. The van der Waals surface area contributed by atoms with E-state index in [1.54, 1.807) is 0 Å². The SMILES string of the molecule is CCCCS(=O)(=O)c1ccc([N+](=O)[O-])cc1. The van der Waals surface area contributed by atoms with Gasteiger partial charge in [-0.05, 0) is 18.6 Å². The lowest BCUT2D eigenvalue weighted by Gasteiger charge is -2.02. The van der Waals surface area contributed by atoms with Crippen LogP contribution in [0, 0.1) is 10.1 Å². The number of sulfone groups is 1. The highest BCUT2D eigenvalue weighted by Gasteiger charge is 2.15. The van der Waals surface area contributed by atoms with Gasteiger partial charge in [0.15, 0.2) is 9.84 Å². The second-order valence-corrected chi connectivity index (χ2v) is 5.53. The number of benzene rings is 1. The molecule has 0 aliphatic carbocycles. The fourth-order valence-corrected chi connectivity index (χ4v) is 2.68. The lowest BCUT2D eigenvalue weighted by Crippen LogP contribution is -2.06. The van der Waals surface area contributed by atoms with Gasteiger partial charge in [0.1, 0.15) is 0 Å². The summed E-state index contributed by atoms with van der Waals surface area (Å²) in [6.45, 7) is 1.91. The standard InChI is InChI=1S/C10H13NO4S/c1-2-3-8-16(14,15)10-6-4-9(5-7-10)11(12)13/h4-7H,2-3,8H2,1H3. The quantitative estimate of drug-likeness (QED) is 0.586. The van der Waals surface area contributed by atoms with Crippen LogP contribution in [0.5, 0.6) is 0 Å². The lowest BCUT2D eigenvalue weighted by atomic mass is 10.3. The Morgan fingerprint density at radius 1 is 1.25 bits per heavy atom. The highest BCUT2D eigenvalue weighted by atomic mass is 32.2. The van der Waals surface area contributed by atoms with Crippen LogP contribution in [0.25, 0.3) is 0 Å². The number of nitro benzene ring substituents is 1. The summed E-state index contributed by atoms with van der Waals surface area (Å²) >= 11 is 0. The molecule has 0 unspecified atom stereocenters. The van der Waals surface area contributed by atoms with Crippen molar-refractivity contribution in [2.24, 2.45) is 0 Å². The van der Waals surface area contributed by atoms with E-state index in [-0.39, 0.29) is 16.3 Å². The zero-order valence-electron chi connectivity index (χ0n) is 8.92. The highest BCUT2D eigenvalue weighted by molar-refractivity contribution is 7.91. The van der Waals surface area contributed by atoms with E-state index in [9.17, 15) is 18.5 Å². The smallest absolute Gasteiger partial charge is 0.258 e. The van der Waals surface area contributed by atoms with Crippen molar-refractivity contribution < 1.29 is 13.3 Å². The minimum atomic E-state index is -3.29. The Kier molecular flexibility index (Phi) is 4.00. The molecule has 0 heterocycles. The van der Waals surface area contributed by atoms with Crippen LogP contribution < -0.4 is 0 Å². The van der Waals surface area contributed by atoms with E-state index in [0.717, 1.165) is 6.42 Å². The molecule has 0 aliphatic heterocycles. The van der Waals surface area contributed by atoms with Crippen LogP contribution in [0.15, 0.2) is 29.2 Å². The van der Waals surface area contributed by atoms with Crippen LogP contribution in [-0.4, -0.2) is 19.1 Å². The summed E-state index contributed by atoms with van der Waals surface area (Å²) in [7, 11) is -3.29. The Morgan fingerprint density at radius 2 is 1.81 bits per heavy atom. The second-order valence-electron chi connectivity index (χ2n) is 3.42. The zero-order valence-corrected chi connectivity index (χ0v) is 9.74. The summed E-state index contributed by atoms with van der Waals surface area (Å²) < 4.78 is 23.4. The molecule has 0 radical (unpaired) electrons. The minimum absolute atomic E-state index is 0.0846. The fourth-order valence-electron chi connectivity index (χ4n) is 1.23. The average Bonchev–Trinajstić information content (AvgIpc) is 2.26. The molecule has 0 saturated carbocycles. The van der Waals surface area contributed by atoms with Gasteiger partial charge in [0.2, 0.25) is 0 Å². The molecule has 1 aromatic carbocycles. The summed E-state index contributed by atoms with van der Waals surface area (Å²) in [5.74, 6) is 0.0846. The topological polar surface area (TPSA) is 77.3 Å². The van der Waals surface area contributed by atoms with Crippen molar-refractivity contribution in [1.82, 2.24) is 0 Å². The maximum atomic E-state index is 11.7. The first-order chi connectivity index (χ1) is 7.47. The van der Waals surface area contributed by atoms with E-state index < -0.39 is 14.8 Å². The molecule has 0 spiro atoms. The highest BCUT2D eigenvalue weighted by Crippen LogP contribution is 2.17. The Balaban J connectivity index is 2.93. The zero-order chi connectivity index (χ0) is 12.2. The van der Waals surface area contributed by atoms with E-state index in [0.29, 0.717) is 6.42 Å². The summed E-state index contributed by atoms with van der Waals surface area (Å²) in [5.41, 5.74) is -0.102. The van der Waals surface area contributed by atoms with Gasteiger partial charge in [-0.1, -0.05) is 13.3 Å². The number of hydrogen-bond donors (Lipinski definition) is 0. The number of hydrogen-bond acceptors (Lipinski definition) is 4. The Morgan fingerprint density at radius 3 is 2.25 bits per heavy atom. The van der Waals surface area contributed by atoms with Gasteiger partial charge >= 0.3 is 0 Å². The maximum absolute atomic E-state index is 11.7. The number of non-ortho nitro benzene ring substituents is 1. The molecule has 0 saturated heterocycles. The van der Waals surface area contributed by atoms with E-state index in [1.807, 2.05) is 6.92 Å². The molecule has 0 N–H and O–H groups in total. The molecule has 88 valence electrons. The van der Waals surface area contributed by atoms with Gasteiger partial charge in [-0.15, -0.1) is 0 Å². The average molecular weight is 243 g/mol. The van der Waals surface area contributed by atoms with Crippen LogP contribution >= 0.6 is 0 Å². The molecule has 0 aromatic heterocycles.